The Kier molecular flexibility index (Phi) is 4.15. The smallest absolute Gasteiger partial charge is 0.225 e. The van der Waals surface area contributed by atoms with Crippen molar-refractivity contribution in [2.24, 2.45) is 0 Å². The number of fused-ring (bicyclic) bond motifs is 1. The van der Waals surface area contributed by atoms with E-state index in [0.29, 0.717) is 13.2 Å². The van der Waals surface area contributed by atoms with Crippen LogP contribution in [0.3, 0.4) is 0 Å². The molecule has 0 aliphatic rings. The fourth-order valence-electron chi connectivity index (χ4n) is 1.55. The Morgan fingerprint density at radius 2 is 2.35 bits per heavy atom. The second-order valence-electron chi connectivity index (χ2n) is 3.63. The minimum atomic E-state index is 0.141. The number of hydrogen-bond acceptors (Lipinski definition) is 5. The summed E-state index contributed by atoms with van der Waals surface area (Å²) >= 11 is 7.42. The Hall–Kier alpha value is -0.910. The summed E-state index contributed by atoms with van der Waals surface area (Å²) in [5.74, 6) is 0.771. The third-order valence-electron chi connectivity index (χ3n) is 2.31. The van der Waals surface area contributed by atoms with Crippen LogP contribution in [0.15, 0.2) is 11.4 Å². The fraction of sp³-hybridized carbons (Fsp3) is 0.455. The molecule has 1 N–H and O–H groups in total. The highest BCUT2D eigenvalue weighted by Crippen LogP contribution is 2.26. The summed E-state index contributed by atoms with van der Waals surface area (Å²) in [5, 5.41) is 6.50. The molecule has 0 saturated heterocycles. The van der Waals surface area contributed by atoms with Gasteiger partial charge in [0.05, 0.1) is 11.5 Å². The van der Waals surface area contributed by atoms with E-state index in [1.807, 2.05) is 25.3 Å². The van der Waals surface area contributed by atoms with E-state index >= 15 is 0 Å². The molecule has 1 atom stereocenters. The van der Waals surface area contributed by atoms with E-state index in [1.165, 1.54) is 0 Å². The van der Waals surface area contributed by atoms with Crippen molar-refractivity contribution >= 4 is 39.0 Å². The summed E-state index contributed by atoms with van der Waals surface area (Å²) < 4.78 is 5.45. The summed E-state index contributed by atoms with van der Waals surface area (Å²) in [5.41, 5.74) is 0. The van der Waals surface area contributed by atoms with Crippen molar-refractivity contribution in [3.8, 4) is 0 Å². The van der Waals surface area contributed by atoms with Gasteiger partial charge >= 0.3 is 0 Å². The minimum Gasteiger partial charge on any atom is -0.377 e. The Morgan fingerprint density at radius 3 is 3.12 bits per heavy atom. The summed E-state index contributed by atoms with van der Waals surface area (Å²) in [6.07, 6.45) is 0.141. The van der Waals surface area contributed by atoms with Crippen molar-refractivity contribution in [2.45, 2.75) is 20.0 Å². The highest BCUT2D eigenvalue weighted by Gasteiger charge is 2.08. The van der Waals surface area contributed by atoms with Crippen LogP contribution >= 0.6 is 22.9 Å². The second-order valence-corrected chi connectivity index (χ2v) is 4.86. The van der Waals surface area contributed by atoms with Crippen LogP contribution in [0.1, 0.15) is 13.8 Å². The Labute approximate surface area is 109 Å². The lowest BCUT2D eigenvalue weighted by molar-refractivity contribution is 0.0855. The van der Waals surface area contributed by atoms with Gasteiger partial charge in [-0.2, -0.15) is 0 Å². The van der Waals surface area contributed by atoms with Gasteiger partial charge in [-0.25, -0.2) is 9.97 Å². The number of rotatable bonds is 5. The highest BCUT2D eigenvalue weighted by molar-refractivity contribution is 7.16. The van der Waals surface area contributed by atoms with E-state index in [-0.39, 0.29) is 11.4 Å². The monoisotopic (exact) mass is 271 g/mol. The van der Waals surface area contributed by atoms with Crippen molar-refractivity contribution in [2.75, 3.05) is 18.5 Å². The second kappa shape index (κ2) is 5.62. The molecule has 0 radical (unpaired) electrons. The van der Waals surface area contributed by atoms with Crippen LogP contribution in [0, 0.1) is 0 Å². The number of nitrogens with one attached hydrogen (secondary N) is 1. The predicted octanol–water partition coefficient (Wildman–Crippen LogP) is 3.18. The topological polar surface area (TPSA) is 47.0 Å². The number of nitrogens with zero attached hydrogens (tertiary/aromatic N) is 2. The zero-order chi connectivity index (χ0) is 12.3. The molecule has 0 aliphatic carbocycles. The predicted molar refractivity (Wildman–Crippen MR) is 72.0 cm³/mol. The maximum absolute atomic E-state index is 5.87. The first-order chi connectivity index (χ1) is 8.20. The third-order valence-corrected chi connectivity index (χ3v) is 3.28. The van der Waals surface area contributed by atoms with Gasteiger partial charge in [0.15, 0.2) is 0 Å². The lowest BCUT2D eigenvalue weighted by atomic mass is 10.3. The molecule has 0 fully saturated rings. The summed E-state index contributed by atoms with van der Waals surface area (Å²) in [6.45, 7) is 5.41. The van der Waals surface area contributed by atoms with Gasteiger partial charge < -0.3 is 10.1 Å². The van der Waals surface area contributed by atoms with Crippen LogP contribution in [0.25, 0.3) is 10.2 Å². The first kappa shape index (κ1) is 12.5. The molecule has 17 heavy (non-hydrogen) atoms. The molecule has 6 heteroatoms. The summed E-state index contributed by atoms with van der Waals surface area (Å²) in [6, 6.07) is 1.99. The summed E-state index contributed by atoms with van der Waals surface area (Å²) in [4.78, 5) is 9.26. The SMILES string of the molecule is CCOC(C)CNc1nc(Cl)nc2sccc12. The van der Waals surface area contributed by atoms with Crippen molar-refractivity contribution < 1.29 is 4.74 Å². The molecule has 0 aromatic carbocycles. The van der Waals surface area contributed by atoms with Gasteiger partial charge in [0.1, 0.15) is 10.6 Å². The Bertz CT molecular complexity index is 502. The van der Waals surface area contributed by atoms with E-state index in [1.54, 1.807) is 11.3 Å². The van der Waals surface area contributed by atoms with Crippen LogP contribution in [0.5, 0.6) is 0 Å². The number of ether oxygens (including phenoxy) is 1. The molecule has 2 aromatic rings. The number of thiophene rings is 1. The van der Waals surface area contributed by atoms with E-state index in [2.05, 4.69) is 15.3 Å². The molecule has 0 aliphatic heterocycles. The molecule has 0 saturated carbocycles. The van der Waals surface area contributed by atoms with Gasteiger partial charge in [-0.3, -0.25) is 0 Å². The Balaban J connectivity index is 2.14. The minimum absolute atomic E-state index is 0.141. The lowest BCUT2D eigenvalue weighted by Crippen LogP contribution is -2.20. The molecule has 1 unspecified atom stereocenters. The molecule has 4 nitrogen and oxygen atoms in total. The lowest BCUT2D eigenvalue weighted by Gasteiger charge is -2.13. The average Bonchev–Trinajstić information content (AvgIpc) is 2.74. The average molecular weight is 272 g/mol. The fourth-order valence-corrected chi connectivity index (χ4v) is 2.53. The largest absolute Gasteiger partial charge is 0.377 e. The molecule has 2 heterocycles. The van der Waals surface area contributed by atoms with Gasteiger partial charge in [0.2, 0.25) is 5.28 Å². The van der Waals surface area contributed by atoms with Crippen LogP contribution < -0.4 is 5.32 Å². The molecule has 92 valence electrons. The standard InChI is InChI=1S/C11H14ClN3OS/c1-3-16-7(2)6-13-9-8-4-5-17-10(8)15-11(12)14-9/h4-5,7H,3,6H2,1-2H3,(H,13,14,15). The van der Waals surface area contributed by atoms with Crippen LogP contribution in [0.2, 0.25) is 5.28 Å². The summed E-state index contributed by atoms with van der Waals surface area (Å²) in [7, 11) is 0. The molecule has 0 amide bonds. The first-order valence-electron chi connectivity index (χ1n) is 5.47. The van der Waals surface area contributed by atoms with Crippen molar-refractivity contribution in [3.63, 3.8) is 0 Å². The maximum Gasteiger partial charge on any atom is 0.225 e. The van der Waals surface area contributed by atoms with Crippen molar-refractivity contribution in [3.05, 3.63) is 16.7 Å². The van der Waals surface area contributed by atoms with Gasteiger partial charge in [-0.15, -0.1) is 11.3 Å². The number of halogens is 1. The van der Waals surface area contributed by atoms with Crippen LogP contribution in [-0.4, -0.2) is 29.2 Å². The first-order valence-corrected chi connectivity index (χ1v) is 6.72. The zero-order valence-corrected chi connectivity index (χ0v) is 11.3. The molecular weight excluding hydrogens is 258 g/mol. The quantitative estimate of drug-likeness (QED) is 0.849. The molecule has 2 rings (SSSR count). The number of aromatic nitrogens is 2. The van der Waals surface area contributed by atoms with Gasteiger partial charge in [-0.05, 0) is 36.9 Å². The van der Waals surface area contributed by atoms with E-state index in [4.69, 9.17) is 16.3 Å². The third kappa shape index (κ3) is 3.06. The van der Waals surface area contributed by atoms with Crippen LogP contribution in [-0.2, 0) is 4.74 Å². The normalized spacial score (nSPS) is 12.9. The van der Waals surface area contributed by atoms with Gasteiger partial charge in [0, 0.05) is 13.2 Å². The number of hydrogen-bond donors (Lipinski definition) is 1. The van der Waals surface area contributed by atoms with E-state index in [0.717, 1.165) is 16.0 Å². The van der Waals surface area contributed by atoms with Gasteiger partial charge in [0.25, 0.3) is 0 Å². The Morgan fingerprint density at radius 1 is 1.53 bits per heavy atom. The zero-order valence-electron chi connectivity index (χ0n) is 9.74. The van der Waals surface area contributed by atoms with Crippen molar-refractivity contribution in [1.82, 2.24) is 9.97 Å². The molecule has 2 aromatic heterocycles. The van der Waals surface area contributed by atoms with E-state index < -0.39 is 0 Å². The molecule has 0 spiro atoms. The number of anilines is 1. The molecular formula is C11H14ClN3OS. The van der Waals surface area contributed by atoms with Gasteiger partial charge in [-0.1, -0.05) is 0 Å². The van der Waals surface area contributed by atoms with Crippen molar-refractivity contribution in [1.29, 1.82) is 0 Å². The maximum atomic E-state index is 5.87. The molecule has 0 bridgehead atoms. The highest BCUT2D eigenvalue weighted by atomic mass is 35.5. The van der Waals surface area contributed by atoms with Crippen LogP contribution in [0.4, 0.5) is 5.82 Å². The van der Waals surface area contributed by atoms with E-state index in [9.17, 15) is 0 Å².